The van der Waals surface area contributed by atoms with E-state index in [4.69, 9.17) is 0 Å². The monoisotopic (exact) mass is 247 g/mol. The first-order valence-corrected chi connectivity index (χ1v) is 6.67. The lowest BCUT2D eigenvalue weighted by atomic mass is 10.2. The third-order valence-corrected chi connectivity index (χ3v) is 3.41. The number of nitrogens with one attached hydrogen (secondary N) is 2. The van der Waals surface area contributed by atoms with Gasteiger partial charge in [0.1, 0.15) is 0 Å². The van der Waals surface area contributed by atoms with Gasteiger partial charge in [-0.05, 0) is 31.3 Å². The van der Waals surface area contributed by atoms with E-state index < -0.39 is 0 Å². The topological polar surface area (TPSA) is 40.7 Å². The summed E-state index contributed by atoms with van der Waals surface area (Å²) in [5.41, 5.74) is 2.37. The lowest BCUT2D eigenvalue weighted by Crippen LogP contribution is -2.14. The summed E-state index contributed by atoms with van der Waals surface area (Å²) >= 11 is 1.73. The molecule has 90 valence electrons. The van der Waals surface area contributed by atoms with Gasteiger partial charge in [-0.1, -0.05) is 18.2 Å². The van der Waals surface area contributed by atoms with Crippen molar-refractivity contribution in [1.82, 2.24) is 15.5 Å². The van der Waals surface area contributed by atoms with Crippen molar-refractivity contribution < 1.29 is 0 Å². The van der Waals surface area contributed by atoms with Crippen molar-refractivity contribution >= 4 is 11.3 Å². The summed E-state index contributed by atoms with van der Waals surface area (Å²) in [6.07, 6.45) is 7.22. The third kappa shape index (κ3) is 3.28. The number of hydrogen-bond donors (Lipinski definition) is 2. The average molecular weight is 247 g/mol. The van der Waals surface area contributed by atoms with Crippen LogP contribution in [-0.2, 0) is 6.54 Å². The van der Waals surface area contributed by atoms with E-state index in [0.29, 0.717) is 0 Å². The predicted octanol–water partition coefficient (Wildman–Crippen LogP) is 3.19. The summed E-state index contributed by atoms with van der Waals surface area (Å²) < 4.78 is 0. The molecule has 2 aromatic rings. The minimum absolute atomic E-state index is 0.862. The molecular weight excluding hydrogens is 230 g/mol. The van der Waals surface area contributed by atoms with Gasteiger partial charge in [-0.25, -0.2) is 0 Å². The molecule has 0 aliphatic heterocycles. The van der Waals surface area contributed by atoms with Crippen molar-refractivity contribution in [3.63, 3.8) is 0 Å². The van der Waals surface area contributed by atoms with Gasteiger partial charge in [-0.15, -0.1) is 11.3 Å². The molecule has 3 nitrogen and oxygen atoms in total. The van der Waals surface area contributed by atoms with Crippen LogP contribution in [-0.4, -0.2) is 16.7 Å². The molecule has 4 heteroatoms. The fourth-order valence-electron chi connectivity index (χ4n) is 1.65. The van der Waals surface area contributed by atoms with Crippen LogP contribution >= 0.6 is 11.3 Å². The van der Waals surface area contributed by atoms with E-state index in [1.165, 1.54) is 10.4 Å². The molecule has 2 N–H and O–H groups in total. The highest BCUT2D eigenvalue weighted by Gasteiger charge is 2.07. The smallest absolute Gasteiger partial charge is 0.0794 e. The molecule has 0 unspecified atom stereocenters. The van der Waals surface area contributed by atoms with Crippen LogP contribution in [0.5, 0.6) is 0 Å². The van der Waals surface area contributed by atoms with Crippen molar-refractivity contribution in [3.05, 3.63) is 41.4 Å². The summed E-state index contributed by atoms with van der Waals surface area (Å²) in [6, 6.07) is 4.17. The van der Waals surface area contributed by atoms with Crippen LogP contribution in [0.3, 0.4) is 0 Å². The molecule has 0 atom stereocenters. The van der Waals surface area contributed by atoms with E-state index >= 15 is 0 Å². The molecule has 0 spiro atoms. The third-order valence-electron chi connectivity index (χ3n) is 2.52. The Morgan fingerprint density at radius 3 is 3.24 bits per heavy atom. The summed E-state index contributed by atoms with van der Waals surface area (Å²) in [6.45, 7) is 3.91. The molecule has 0 radical (unpaired) electrons. The van der Waals surface area contributed by atoms with Crippen molar-refractivity contribution in [2.24, 2.45) is 0 Å². The Morgan fingerprint density at radius 2 is 2.47 bits per heavy atom. The number of allylic oxidation sites excluding steroid dienone is 1. The molecule has 17 heavy (non-hydrogen) atoms. The van der Waals surface area contributed by atoms with Crippen LogP contribution in [0.15, 0.2) is 35.9 Å². The second kappa shape index (κ2) is 6.37. The quantitative estimate of drug-likeness (QED) is 0.608. The zero-order chi connectivity index (χ0) is 11.9. The molecule has 2 heterocycles. The summed E-state index contributed by atoms with van der Waals surface area (Å²) in [5.74, 6) is 0. The molecule has 0 saturated carbocycles. The molecule has 0 aliphatic carbocycles. The summed E-state index contributed by atoms with van der Waals surface area (Å²) in [5, 5.41) is 12.7. The lowest BCUT2D eigenvalue weighted by Gasteiger charge is -2.02. The normalized spacial score (nSPS) is 11.4. The first-order valence-electron chi connectivity index (χ1n) is 5.80. The molecule has 2 aromatic heterocycles. The summed E-state index contributed by atoms with van der Waals surface area (Å²) in [7, 11) is 0. The van der Waals surface area contributed by atoms with Crippen molar-refractivity contribution in [1.29, 1.82) is 0 Å². The number of aromatic nitrogens is 2. The Hall–Kier alpha value is -1.39. The Labute approximate surface area is 106 Å². The zero-order valence-corrected chi connectivity index (χ0v) is 10.8. The van der Waals surface area contributed by atoms with Crippen molar-refractivity contribution in [3.8, 4) is 10.6 Å². The highest BCUT2D eigenvalue weighted by atomic mass is 32.1. The van der Waals surface area contributed by atoms with E-state index in [1.807, 2.05) is 13.1 Å². The number of H-pyrrole nitrogens is 1. The van der Waals surface area contributed by atoms with Crippen molar-refractivity contribution in [2.45, 2.75) is 19.9 Å². The Bertz CT molecular complexity index is 457. The van der Waals surface area contributed by atoms with Gasteiger partial charge in [0.05, 0.1) is 16.8 Å². The van der Waals surface area contributed by atoms with Gasteiger partial charge in [-0.3, -0.25) is 5.10 Å². The molecule has 0 saturated heterocycles. The number of thiophene rings is 1. The Kier molecular flexibility index (Phi) is 4.53. The van der Waals surface area contributed by atoms with E-state index in [1.54, 1.807) is 11.3 Å². The molecule has 0 bridgehead atoms. The maximum atomic E-state index is 4.12. The highest BCUT2D eigenvalue weighted by molar-refractivity contribution is 7.13. The van der Waals surface area contributed by atoms with E-state index in [9.17, 15) is 0 Å². The van der Waals surface area contributed by atoms with E-state index in [2.05, 4.69) is 45.2 Å². The van der Waals surface area contributed by atoms with Crippen LogP contribution in [0.4, 0.5) is 0 Å². The number of hydrogen-bond acceptors (Lipinski definition) is 3. The second-order valence-corrected chi connectivity index (χ2v) is 4.73. The van der Waals surface area contributed by atoms with Gasteiger partial charge >= 0.3 is 0 Å². The molecule has 0 fully saturated rings. The number of aromatic amines is 1. The summed E-state index contributed by atoms with van der Waals surface area (Å²) in [4.78, 5) is 1.24. The Morgan fingerprint density at radius 1 is 1.53 bits per heavy atom. The maximum absolute atomic E-state index is 4.12. The largest absolute Gasteiger partial charge is 0.312 e. The highest BCUT2D eigenvalue weighted by Crippen LogP contribution is 2.25. The molecule has 0 amide bonds. The first kappa shape index (κ1) is 12.1. The fraction of sp³-hybridized carbons (Fsp3) is 0.308. The van der Waals surface area contributed by atoms with Gasteiger partial charge in [-0.2, -0.15) is 5.10 Å². The van der Waals surface area contributed by atoms with E-state index in [0.717, 1.165) is 25.2 Å². The van der Waals surface area contributed by atoms with E-state index in [-0.39, 0.29) is 0 Å². The fourth-order valence-corrected chi connectivity index (χ4v) is 2.41. The zero-order valence-electron chi connectivity index (χ0n) is 9.94. The van der Waals surface area contributed by atoms with Crippen LogP contribution in [0.25, 0.3) is 10.6 Å². The second-order valence-electron chi connectivity index (χ2n) is 3.78. The average Bonchev–Trinajstić information content (AvgIpc) is 2.98. The van der Waals surface area contributed by atoms with Gasteiger partial charge in [0, 0.05) is 12.1 Å². The van der Waals surface area contributed by atoms with Crippen LogP contribution < -0.4 is 5.32 Å². The molecule has 0 aliphatic rings. The van der Waals surface area contributed by atoms with Crippen LogP contribution in [0.2, 0.25) is 0 Å². The molecule has 2 rings (SSSR count). The van der Waals surface area contributed by atoms with Gasteiger partial charge < -0.3 is 5.32 Å². The Balaban J connectivity index is 1.91. The predicted molar refractivity (Wildman–Crippen MR) is 73.0 cm³/mol. The van der Waals surface area contributed by atoms with Crippen molar-refractivity contribution in [2.75, 3.05) is 6.54 Å². The lowest BCUT2D eigenvalue weighted by molar-refractivity contribution is 0.696. The minimum atomic E-state index is 0.862. The first-order chi connectivity index (χ1) is 8.42. The van der Waals surface area contributed by atoms with Gasteiger partial charge in [0.2, 0.25) is 0 Å². The maximum Gasteiger partial charge on any atom is 0.0794 e. The van der Waals surface area contributed by atoms with Crippen LogP contribution in [0, 0.1) is 0 Å². The number of rotatable bonds is 6. The SMILES string of the molecule is C/C=C/CCNCc1cn[nH]c1-c1cccs1. The van der Waals surface area contributed by atoms with Gasteiger partial charge in [0.15, 0.2) is 0 Å². The van der Waals surface area contributed by atoms with Gasteiger partial charge in [0.25, 0.3) is 0 Å². The van der Waals surface area contributed by atoms with Crippen LogP contribution in [0.1, 0.15) is 18.9 Å². The minimum Gasteiger partial charge on any atom is -0.312 e. The molecule has 0 aromatic carbocycles. The molecular formula is C13H17N3S. The standard InChI is InChI=1S/C13H17N3S/c1-2-3-4-7-14-9-11-10-15-16-13(11)12-6-5-8-17-12/h2-3,5-6,8,10,14H,4,7,9H2,1H3,(H,15,16)/b3-2+. The number of nitrogens with zero attached hydrogens (tertiary/aromatic N) is 1.